The predicted octanol–water partition coefficient (Wildman–Crippen LogP) is 3.06. The molecule has 4 nitrogen and oxygen atoms in total. The number of hydrogen-bond donors (Lipinski definition) is 1. The maximum absolute atomic E-state index is 13.0. The first-order chi connectivity index (χ1) is 9.88. The van der Waals surface area contributed by atoms with Crippen molar-refractivity contribution in [1.29, 1.82) is 0 Å². The molecule has 0 bridgehead atoms. The molecule has 2 amide bonds. The standard InChI is InChI=1S/C16H21ClN2O2/c1-5-16(6-2)15(21)19(11(4)14(20)18-16)13-9-7-8-12(17)10(13)3/h7-9,11H,5-6H2,1-4H3,(H,18,20). The molecule has 1 aliphatic heterocycles. The molecule has 0 radical (unpaired) electrons. The fraction of sp³-hybridized carbons (Fsp3) is 0.500. The molecule has 0 spiro atoms. The number of carbonyl (C=O) groups excluding carboxylic acids is 2. The zero-order valence-corrected chi connectivity index (χ0v) is 13.6. The average Bonchev–Trinajstić information content (AvgIpc) is 2.47. The van der Waals surface area contributed by atoms with Gasteiger partial charge in [-0.15, -0.1) is 0 Å². The van der Waals surface area contributed by atoms with E-state index in [-0.39, 0.29) is 11.8 Å². The summed E-state index contributed by atoms with van der Waals surface area (Å²) >= 11 is 6.17. The van der Waals surface area contributed by atoms with Gasteiger partial charge in [-0.05, 0) is 44.4 Å². The molecule has 1 fully saturated rings. The first-order valence-electron chi connectivity index (χ1n) is 7.28. The average molecular weight is 309 g/mol. The van der Waals surface area contributed by atoms with Crippen molar-refractivity contribution in [3.05, 3.63) is 28.8 Å². The Labute approximate surface area is 130 Å². The number of piperazine rings is 1. The lowest BCUT2D eigenvalue weighted by Crippen LogP contribution is -2.69. The molecule has 0 aliphatic carbocycles. The Bertz CT molecular complexity index is 582. The minimum Gasteiger partial charge on any atom is -0.340 e. The van der Waals surface area contributed by atoms with Gasteiger partial charge in [-0.25, -0.2) is 0 Å². The number of rotatable bonds is 3. The van der Waals surface area contributed by atoms with E-state index in [1.165, 1.54) is 0 Å². The fourth-order valence-electron chi connectivity index (χ4n) is 2.82. The van der Waals surface area contributed by atoms with Crippen molar-refractivity contribution in [2.45, 2.75) is 52.1 Å². The smallest absolute Gasteiger partial charge is 0.253 e. The zero-order valence-electron chi connectivity index (χ0n) is 12.9. The number of anilines is 1. The van der Waals surface area contributed by atoms with Gasteiger partial charge in [0.1, 0.15) is 11.6 Å². The summed E-state index contributed by atoms with van der Waals surface area (Å²) in [4.78, 5) is 26.9. The van der Waals surface area contributed by atoms with Gasteiger partial charge in [0.15, 0.2) is 0 Å². The largest absolute Gasteiger partial charge is 0.340 e. The minimum atomic E-state index is -0.821. The van der Waals surface area contributed by atoms with E-state index in [1.54, 1.807) is 24.0 Å². The van der Waals surface area contributed by atoms with Crippen LogP contribution in [0.25, 0.3) is 0 Å². The second-order valence-corrected chi connectivity index (χ2v) is 5.92. The Kier molecular flexibility index (Phi) is 4.28. The summed E-state index contributed by atoms with van der Waals surface area (Å²) in [6, 6.07) is 4.88. The van der Waals surface area contributed by atoms with Crippen LogP contribution >= 0.6 is 11.6 Å². The molecule has 1 heterocycles. The highest BCUT2D eigenvalue weighted by molar-refractivity contribution is 6.32. The molecule has 1 aliphatic rings. The maximum atomic E-state index is 13.0. The molecule has 1 aromatic carbocycles. The van der Waals surface area contributed by atoms with Crippen LogP contribution in [0, 0.1) is 6.92 Å². The predicted molar refractivity (Wildman–Crippen MR) is 84.6 cm³/mol. The SMILES string of the molecule is CCC1(CC)NC(=O)C(C)N(c2cccc(Cl)c2C)C1=O. The van der Waals surface area contributed by atoms with Crippen LogP contribution in [-0.2, 0) is 9.59 Å². The van der Waals surface area contributed by atoms with Crippen LogP contribution in [0.5, 0.6) is 0 Å². The van der Waals surface area contributed by atoms with E-state index in [2.05, 4.69) is 5.32 Å². The van der Waals surface area contributed by atoms with Gasteiger partial charge in [-0.3, -0.25) is 14.5 Å². The van der Waals surface area contributed by atoms with Crippen molar-refractivity contribution in [2.75, 3.05) is 4.90 Å². The number of carbonyl (C=O) groups is 2. The Hall–Kier alpha value is -1.55. The molecule has 1 N–H and O–H groups in total. The highest BCUT2D eigenvalue weighted by Gasteiger charge is 2.48. The number of benzene rings is 1. The Balaban J connectivity index is 2.56. The molecule has 1 saturated heterocycles. The van der Waals surface area contributed by atoms with Gasteiger partial charge >= 0.3 is 0 Å². The van der Waals surface area contributed by atoms with Crippen molar-refractivity contribution in [1.82, 2.24) is 5.32 Å². The number of nitrogens with zero attached hydrogens (tertiary/aromatic N) is 1. The second kappa shape index (κ2) is 5.68. The Morgan fingerprint density at radius 3 is 2.48 bits per heavy atom. The van der Waals surface area contributed by atoms with Crippen molar-refractivity contribution in [2.24, 2.45) is 0 Å². The van der Waals surface area contributed by atoms with Crippen molar-refractivity contribution in [3.8, 4) is 0 Å². The van der Waals surface area contributed by atoms with Crippen molar-refractivity contribution >= 4 is 29.1 Å². The third-order valence-electron chi connectivity index (χ3n) is 4.46. The quantitative estimate of drug-likeness (QED) is 0.933. The van der Waals surface area contributed by atoms with Gasteiger partial charge < -0.3 is 5.32 Å². The van der Waals surface area contributed by atoms with E-state index < -0.39 is 11.6 Å². The topological polar surface area (TPSA) is 49.4 Å². The van der Waals surface area contributed by atoms with Gasteiger partial charge in [0, 0.05) is 10.7 Å². The summed E-state index contributed by atoms with van der Waals surface area (Å²) in [6.07, 6.45) is 1.13. The van der Waals surface area contributed by atoms with Gasteiger partial charge in [0.25, 0.3) is 5.91 Å². The van der Waals surface area contributed by atoms with E-state index in [9.17, 15) is 9.59 Å². The van der Waals surface area contributed by atoms with Gasteiger partial charge in [-0.1, -0.05) is 31.5 Å². The summed E-state index contributed by atoms with van der Waals surface area (Å²) in [7, 11) is 0. The number of nitrogens with one attached hydrogen (secondary N) is 1. The second-order valence-electron chi connectivity index (χ2n) is 5.51. The molecular weight excluding hydrogens is 288 g/mol. The summed E-state index contributed by atoms with van der Waals surface area (Å²) in [5.74, 6) is -0.192. The van der Waals surface area contributed by atoms with E-state index in [0.29, 0.717) is 23.6 Å². The first kappa shape index (κ1) is 15.8. The van der Waals surface area contributed by atoms with Crippen molar-refractivity contribution < 1.29 is 9.59 Å². The van der Waals surface area contributed by atoms with Crippen LogP contribution in [0.1, 0.15) is 39.2 Å². The van der Waals surface area contributed by atoms with E-state index >= 15 is 0 Å². The van der Waals surface area contributed by atoms with Gasteiger partial charge in [0.2, 0.25) is 5.91 Å². The normalized spacial score (nSPS) is 21.4. The monoisotopic (exact) mass is 308 g/mol. The lowest BCUT2D eigenvalue weighted by atomic mass is 9.87. The van der Waals surface area contributed by atoms with E-state index in [1.807, 2.05) is 26.8 Å². The van der Waals surface area contributed by atoms with Crippen LogP contribution < -0.4 is 10.2 Å². The third kappa shape index (κ3) is 2.42. The molecule has 5 heteroatoms. The molecule has 1 aromatic rings. The summed E-state index contributed by atoms with van der Waals surface area (Å²) in [6.45, 7) is 7.44. The Morgan fingerprint density at radius 2 is 1.90 bits per heavy atom. The fourth-order valence-corrected chi connectivity index (χ4v) is 2.99. The van der Waals surface area contributed by atoms with Gasteiger partial charge in [0.05, 0.1) is 0 Å². The molecule has 114 valence electrons. The molecule has 0 aromatic heterocycles. The summed E-state index contributed by atoms with van der Waals surface area (Å²) in [5.41, 5.74) is 0.703. The van der Waals surface area contributed by atoms with Crippen LogP contribution in [0.15, 0.2) is 18.2 Å². The van der Waals surface area contributed by atoms with Crippen LogP contribution in [0.3, 0.4) is 0 Å². The maximum Gasteiger partial charge on any atom is 0.253 e. The highest BCUT2D eigenvalue weighted by atomic mass is 35.5. The van der Waals surface area contributed by atoms with Gasteiger partial charge in [-0.2, -0.15) is 0 Å². The highest BCUT2D eigenvalue weighted by Crippen LogP contribution is 2.33. The number of amides is 2. The first-order valence-corrected chi connectivity index (χ1v) is 7.66. The van der Waals surface area contributed by atoms with Crippen LogP contribution in [0.2, 0.25) is 5.02 Å². The van der Waals surface area contributed by atoms with Crippen LogP contribution in [0.4, 0.5) is 5.69 Å². The molecule has 1 atom stereocenters. The van der Waals surface area contributed by atoms with E-state index in [0.717, 1.165) is 5.56 Å². The minimum absolute atomic E-state index is 0.0648. The zero-order chi connectivity index (χ0) is 15.8. The number of halogens is 1. The number of hydrogen-bond acceptors (Lipinski definition) is 2. The van der Waals surface area contributed by atoms with Crippen molar-refractivity contribution in [3.63, 3.8) is 0 Å². The molecule has 1 unspecified atom stereocenters. The molecule has 21 heavy (non-hydrogen) atoms. The lowest BCUT2D eigenvalue weighted by Gasteiger charge is -2.44. The summed E-state index contributed by atoms with van der Waals surface area (Å²) in [5, 5.41) is 3.49. The third-order valence-corrected chi connectivity index (χ3v) is 4.87. The Morgan fingerprint density at radius 1 is 1.29 bits per heavy atom. The molecular formula is C16H21ClN2O2. The molecule has 2 rings (SSSR count). The summed E-state index contributed by atoms with van der Waals surface area (Å²) < 4.78 is 0. The van der Waals surface area contributed by atoms with E-state index in [4.69, 9.17) is 11.6 Å². The lowest BCUT2D eigenvalue weighted by molar-refractivity contribution is -0.138. The molecule has 0 saturated carbocycles. The van der Waals surface area contributed by atoms with Crippen LogP contribution in [-0.4, -0.2) is 23.4 Å².